The number of rotatable bonds is 11. The molecule has 0 saturated heterocycles. The first-order valence-electron chi connectivity index (χ1n) is 9.51. The largest absolute Gasteiger partial charge is 0.497 e. The van der Waals surface area contributed by atoms with E-state index in [0.29, 0.717) is 13.2 Å². The van der Waals surface area contributed by atoms with Crippen LogP contribution in [0.3, 0.4) is 0 Å². The molecule has 1 aromatic carbocycles. The smallest absolute Gasteiger partial charge is 0.191 e. The van der Waals surface area contributed by atoms with Gasteiger partial charge >= 0.3 is 0 Å². The lowest BCUT2D eigenvalue weighted by atomic mass is 10.0. The molecular weight excluding hydrogens is 328 g/mol. The number of hydrogen-bond acceptors (Lipinski definition) is 4. The summed E-state index contributed by atoms with van der Waals surface area (Å²) in [7, 11) is 3.41. The van der Waals surface area contributed by atoms with E-state index in [2.05, 4.69) is 55.4 Å². The van der Waals surface area contributed by atoms with Crippen LogP contribution in [0.15, 0.2) is 29.3 Å². The van der Waals surface area contributed by atoms with Crippen molar-refractivity contribution in [1.82, 2.24) is 15.5 Å². The molecule has 0 amide bonds. The van der Waals surface area contributed by atoms with Gasteiger partial charge in [0.05, 0.1) is 26.3 Å². The molecule has 1 rings (SSSR count). The monoisotopic (exact) mass is 364 g/mol. The molecule has 0 aliphatic rings. The van der Waals surface area contributed by atoms with Crippen molar-refractivity contribution < 1.29 is 9.47 Å². The van der Waals surface area contributed by atoms with Crippen LogP contribution >= 0.6 is 0 Å². The lowest BCUT2D eigenvalue weighted by molar-refractivity contribution is 0.179. The fourth-order valence-corrected chi connectivity index (χ4v) is 2.97. The van der Waals surface area contributed by atoms with Crippen molar-refractivity contribution in [2.75, 3.05) is 47.0 Å². The molecular formula is C20H36N4O2. The predicted molar refractivity (Wildman–Crippen MR) is 109 cm³/mol. The lowest BCUT2D eigenvalue weighted by Crippen LogP contribution is -2.44. The highest BCUT2D eigenvalue weighted by Gasteiger charge is 2.18. The average Bonchev–Trinajstić information content (AvgIpc) is 2.65. The number of likely N-dealkylation sites (N-methyl/N-ethyl adjacent to an activating group) is 1. The van der Waals surface area contributed by atoms with Crippen LogP contribution in [-0.4, -0.2) is 63.9 Å². The highest BCUT2D eigenvalue weighted by atomic mass is 16.5. The third-order valence-corrected chi connectivity index (χ3v) is 4.30. The Labute approximate surface area is 159 Å². The van der Waals surface area contributed by atoms with Gasteiger partial charge in [0, 0.05) is 19.7 Å². The van der Waals surface area contributed by atoms with Crippen molar-refractivity contribution in [3.63, 3.8) is 0 Å². The first-order valence-corrected chi connectivity index (χ1v) is 9.51. The summed E-state index contributed by atoms with van der Waals surface area (Å²) in [6, 6.07) is 8.67. The predicted octanol–water partition coefficient (Wildman–Crippen LogP) is 2.67. The molecule has 148 valence electrons. The lowest BCUT2D eigenvalue weighted by Gasteiger charge is -2.29. The molecule has 0 bridgehead atoms. The van der Waals surface area contributed by atoms with E-state index in [9.17, 15) is 0 Å². The van der Waals surface area contributed by atoms with Crippen LogP contribution in [0.2, 0.25) is 0 Å². The Morgan fingerprint density at radius 2 is 1.92 bits per heavy atom. The summed E-state index contributed by atoms with van der Waals surface area (Å²) in [5.41, 5.74) is 1.22. The fraction of sp³-hybridized carbons (Fsp3) is 0.650. The zero-order chi connectivity index (χ0) is 19.4. The molecule has 0 saturated carbocycles. The van der Waals surface area contributed by atoms with Gasteiger partial charge in [0.2, 0.25) is 0 Å². The minimum absolute atomic E-state index is 0.196. The Morgan fingerprint density at radius 3 is 2.50 bits per heavy atom. The highest BCUT2D eigenvalue weighted by Crippen LogP contribution is 2.24. The van der Waals surface area contributed by atoms with Gasteiger partial charge in [0.15, 0.2) is 5.96 Å². The molecule has 6 nitrogen and oxygen atoms in total. The normalized spacial score (nSPS) is 14.2. The molecule has 0 aromatic heterocycles. The van der Waals surface area contributed by atoms with E-state index in [-0.39, 0.29) is 12.1 Å². The third kappa shape index (κ3) is 7.22. The zero-order valence-corrected chi connectivity index (χ0v) is 17.2. The van der Waals surface area contributed by atoms with Crippen LogP contribution in [-0.2, 0) is 4.74 Å². The molecule has 0 aliphatic carbocycles. The van der Waals surface area contributed by atoms with Crippen molar-refractivity contribution in [2.24, 2.45) is 4.99 Å². The molecule has 26 heavy (non-hydrogen) atoms. The molecule has 1 aromatic rings. The maximum Gasteiger partial charge on any atom is 0.191 e. The van der Waals surface area contributed by atoms with E-state index in [4.69, 9.17) is 14.5 Å². The number of benzene rings is 1. The van der Waals surface area contributed by atoms with E-state index in [0.717, 1.165) is 31.3 Å². The van der Waals surface area contributed by atoms with E-state index in [1.807, 2.05) is 12.1 Å². The first kappa shape index (κ1) is 22.3. The van der Waals surface area contributed by atoms with E-state index < -0.39 is 0 Å². The van der Waals surface area contributed by atoms with Crippen LogP contribution in [0, 0.1) is 0 Å². The topological polar surface area (TPSA) is 58.1 Å². The Kier molecular flexibility index (Phi) is 10.7. The van der Waals surface area contributed by atoms with E-state index >= 15 is 0 Å². The summed E-state index contributed by atoms with van der Waals surface area (Å²) in [5, 5.41) is 6.71. The van der Waals surface area contributed by atoms with Gasteiger partial charge in [-0.1, -0.05) is 26.0 Å². The van der Waals surface area contributed by atoms with Crippen molar-refractivity contribution >= 4 is 5.96 Å². The summed E-state index contributed by atoms with van der Waals surface area (Å²) in [4.78, 5) is 7.26. The van der Waals surface area contributed by atoms with Gasteiger partial charge in [-0.15, -0.1) is 0 Å². The minimum Gasteiger partial charge on any atom is -0.497 e. The SMILES string of the molecule is CCNC(=NCC(c1cccc(OC)c1)N(CC)CC)NC(C)COC. The van der Waals surface area contributed by atoms with Gasteiger partial charge in [0.25, 0.3) is 0 Å². The average molecular weight is 365 g/mol. The summed E-state index contributed by atoms with van der Waals surface area (Å²) in [5.74, 6) is 1.69. The van der Waals surface area contributed by atoms with Crippen molar-refractivity contribution in [3.05, 3.63) is 29.8 Å². The third-order valence-electron chi connectivity index (χ3n) is 4.30. The fourth-order valence-electron chi connectivity index (χ4n) is 2.97. The molecule has 0 heterocycles. The molecule has 0 radical (unpaired) electrons. The number of guanidine groups is 1. The van der Waals surface area contributed by atoms with Crippen LogP contribution in [0.5, 0.6) is 5.75 Å². The zero-order valence-electron chi connectivity index (χ0n) is 17.2. The van der Waals surface area contributed by atoms with Crippen LogP contribution < -0.4 is 15.4 Å². The maximum absolute atomic E-state index is 5.40. The Bertz CT molecular complexity index is 532. The highest BCUT2D eigenvalue weighted by molar-refractivity contribution is 5.80. The molecule has 0 spiro atoms. The quantitative estimate of drug-likeness (QED) is 0.467. The molecule has 0 aliphatic heterocycles. The molecule has 6 heteroatoms. The van der Waals surface area contributed by atoms with Crippen LogP contribution in [0.4, 0.5) is 0 Å². The Balaban J connectivity index is 3.01. The van der Waals surface area contributed by atoms with Crippen molar-refractivity contribution in [2.45, 2.75) is 39.8 Å². The van der Waals surface area contributed by atoms with E-state index in [1.54, 1.807) is 14.2 Å². The number of nitrogens with one attached hydrogen (secondary N) is 2. The second-order valence-corrected chi connectivity index (χ2v) is 6.23. The summed E-state index contributed by atoms with van der Waals surface area (Å²) < 4.78 is 10.6. The number of methoxy groups -OCH3 is 2. The maximum atomic E-state index is 5.40. The van der Waals surface area contributed by atoms with E-state index in [1.165, 1.54) is 5.56 Å². The van der Waals surface area contributed by atoms with Crippen molar-refractivity contribution in [1.29, 1.82) is 0 Å². The molecule has 0 fully saturated rings. The second kappa shape index (κ2) is 12.5. The summed E-state index contributed by atoms with van der Waals surface area (Å²) >= 11 is 0. The van der Waals surface area contributed by atoms with Crippen molar-refractivity contribution in [3.8, 4) is 5.75 Å². The van der Waals surface area contributed by atoms with Crippen LogP contribution in [0.25, 0.3) is 0 Å². The van der Waals surface area contributed by atoms with Gasteiger partial charge < -0.3 is 20.1 Å². The first-order chi connectivity index (χ1) is 12.6. The number of hydrogen-bond donors (Lipinski definition) is 2. The Hall–Kier alpha value is -1.79. The van der Waals surface area contributed by atoms with Gasteiger partial charge in [-0.05, 0) is 44.6 Å². The minimum atomic E-state index is 0.196. The second-order valence-electron chi connectivity index (χ2n) is 6.23. The van der Waals surface area contributed by atoms with Gasteiger partial charge in [-0.25, -0.2) is 0 Å². The molecule has 2 unspecified atom stereocenters. The summed E-state index contributed by atoms with van der Waals surface area (Å²) in [6.07, 6.45) is 0. The Morgan fingerprint density at radius 1 is 1.19 bits per heavy atom. The standard InChI is InChI=1S/C20H36N4O2/c1-7-21-20(23-16(4)15-25-5)22-14-19(24(8-2)9-3)17-11-10-12-18(13-17)26-6/h10-13,16,19H,7-9,14-15H2,1-6H3,(H2,21,22,23). The van der Waals surface area contributed by atoms with Gasteiger partial charge in [-0.3, -0.25) is 9.89 Å². The number of nitrogens with zero attached hydrogens (tertiary/aromatic N) is 2. The van der Waals surface area contributed by atoms with Gasteiger partial charge in [0.1, 0.15) is 5.75 Å². The molecule has 2 atom stereocenters. The number of ether oxygens (including phenoxy) is 2. The summed E-state index contributed by atoms with van der Waals surface area (Å²) in [6.45, 7) is 12.6. The number of aliphatic imine (C=N–C) groups is 1. The van der Waals surface area contributed by atoms with Gasteiger partial charge in [-0.2, -0.15) is 0 Å². The molecule has 2 N–H and O–H groups in total. The van der Waals surface area contributed by atoms with Crippen LogP contribution in [0.1, 0.15) is 39.3 Å².